The van der Waals surface area contributed by atoms with E-state index in [9.17, 15) is 0 Å². The third-order valence-corrected chi connectivity index (χ3v) is 4.15. The van der Waals surface area contributed by atoms with Gasteiger partial charge >= 0.3 is 0 Å². The Hall–Kier alpha value is -2.36. The van der Waals surface area contributed by atoms with Crippen molar-refractivity contribution in [2.45, 2.75) is 31.5 Å². The van der Waals surface area contributed by atoms with Gasteiger partial charge in [-0.1, -0.05) is 18.2 Å². The maximum Gasteiger partial charge on any atom is 0.210 e. The maximum absolute atomic E-state index is 5.89. The molecular weight excluding hydrogens is 274 g/mol. The number of nitrogens with zero attached hydrogens (tertiary/aromatic N) is 3. The van der Waals surface area contributed by atoms with Crippen LogP contribution in [-0.2, 0) is 4.74 Å². The van der Waals surface area contributed by atoms with Crippen molar-refractivity contribution in [2.24, 2.45) is 4.99 Å². The number of para-hydroxylation sites is 1. The van der Waals surface area contributed by atoms with Crippen molar-refractivity contribution < 1.29 is 4.74 Å². The molecule has 2 aliphatic rings. The van der Waals surface area contributed by atoms with E-state index in [0.717, 1.165) is 5.90 Å². The van der Waals surface area contributed by atoms with Gasteiger partial charge in [-0.25, -0.2) is 4.99 Å². The van der Waals surface area contributed by atoms with E-state index in [2.05, 4.69) is 60.1 Å². The third-order valence-electron chi connectivity index (χ3n) is 4.15. The van der Waals surface area contributed by atoms with Gasteiger partial charge in [0, 0.05) is 18.1 Å². The van der Waals surface area contributed by atoms with Gasteiger partial charge in [-0.05, 0) is 43.7 Å². The number of benzene rings is 1. The van der Waals surface area contributed by atoms with Gasteiger partial charge in [-0.3, -0.25) is 4.98 Å². The molecule has 0 saturated carbocycles. The zero-order valence-corrected chi connectivity index (χ0v) is 12.8. The molecule has 0 N–H and O–H groups in total. The average molecular weight is 293 g/mol. The first-order chi connectivity index (χ1) is 10.7. The molecule has 1 fully saturated rings. The van der Waals surface area contributed by atoms with Gasteiger partial charge in [-0.2, -0.15) is 0 Å². The van der Waals surface area contributed by atoms with Crippen molar-refractivity contribution >= 4 is 11.6 Å². The summed E-state index contributed by atoms with van der Waals surface area (Å²) in [6.07, 6.45) is 3.68. The molecule has 4 rings (SSSR count). The number of anilines is 1. The summed E-state index contributed by atoms with van der Waals surface area (Å²) in [5.74, 6) is 0.857. The van der Waals surface area contributed by atoms with E-state index in [-0.39, 0.29) is 17.6 Å². The molecule has 2 aromatic rings. The smallest absolute Gasteiger partial charge is 0.210 e. The van der Waals surface area contributed by atoms with Crippen LogP contribution in [0.5, 0.6) is 0 Å². The van der Waals surface area contributed by atoms with E-state index in [1.54, 1.807) is 0 Å². The summed E-state index contributed by atoms with van der Waals surface area (Å²) >= 11 is 0. The van der Waals surface area contributed by atoms with E-state index in [0.29, 0.717) is 6.61 Å². The van der Waals surface area contributed by atoms with Crippen molar-refractivity contribution in [1.29, 1.82) is 0 Å². The zero-order chi connectivity index (χ0) is 15.2. The number of aromatic nitrogens is 1. The predicted octanol–water partition coefficient (Wildman–Crippen LogP) is 3.22. The van der Waals surface area contributed by atoms with E-state index in [4.69, 9.17) is 9.73 Å². The van der Waals surface area contributed by atoms with Crippen molar-refractivity contribution in [1.82, 2.24) is 4.98 Å². The molecule has 3 heterocycles. The van der Waals surface area contributed by atoms with Crippen LogP contribution in [-0.4, -0.2) is 29.1 Å². The van der Waals surface area contributed by atoms with Crippen molar-refractivity contribution in [3.8, 4) is 0 Å². The van der Waals surface area contributed by atoms with Crippen LogP contribution in [0.4, 0.5) is 5.69 Å². The highest BCUT2D eigenvalue weighted by atomic mass is 16.5. The molecule has 0 unspecified atom stereocenters. The second-order valence-electron chi connectivity index (χ2n) is 6.46. The number of pyridine rings is 1. The van der Waals surface area contributed by atoms with E-state index < -0.39 is 0 Å². The summed E-state index contributed by atoms with van der Waals surface area (Å²) in [5.41, 5.74) is 2.33. The Balaban J connectivity index is 1.70. The van der Waals surface area contributed by atoms with Crippen LogP contribution < -0.4 is 4.90 Å². The molecule has 1 aromatic heterocycles. The number of hydrogen-bond acceptors (Lipinski definition) is 4. The molecule has 0 spiro atoms. The minimum atomic E-state index is -0.122. The monoisotopic (exact) mass is 293 g/mol. The number of hydrogen-bond donors (Lipinski definition) is 0. The maximum atomic E-state index is 5.89. The lowest BCUT2D eigenvalue weighted by Gasteiger charge is -2.07. The standard InChI is InChI=1S/C18H19N3O/c1-18(2)12-22-17(20-18)16-15(13-8-10-19-11-9-13)21(16)14-6-4-3-5-7-14/h3-11,15-16H,12H2,1-2H3/t15-,16-,21?/m1/s1. The third kappa shape index (κ3) is 2.25. The summed E-state index contributed by atoms with van der Waals surface area (Å²) in [7, 11) is 0. The lowest BCUT2D eigenvalue weighted by Crippen LogP contribution is -2.17. The van der Waals surface area contributed by atoms with Gasteiger partial charge in [0.1, 0.15) is 12.6 Å². The van der Waals surface area contributed by atoms with Crippen molar-refractivity contribution in [3.63, 3.8) is 0 Å². The Kier molecular flexibility index (Phi) is 2.93. The molecule has 4 nitrogen and oxygen atoms in total. The summed E-state index contributed by atoms with van der Waals surface area (Å²) in [6, 6.07) is 15.0. The second kappa shape index (κ2) is 4.83. The quantitative estimate of drug-likeness (QED) is 0.815. The van der Waals surface area contributed by atoms with Crippen LogP contribution in [0.15, 0.2) is 59.9 Å². The molecule has 0 amide bonds. The van der Waals surface area contributed by atoms with Crippen LogP contribution in [0.25, 0.3) is 0 Å². The van der Waals surface area contributed by atoms with Crippen LogP contribution in [0, 0.1) is 0 Å². The van der Waals surface area contributed by atoms with Crippen LogP contribution in [0.1, 0.15) is 25.5 Å². The molecule has 0 bridgehead atoms. The van der Waals surface area contributed by atoms with Gasteiger partial charge < -0.3 is 9.64 Å². The Morgan fingerprint density at radius 1 is 1.05 bits per heavy atom. The number of rotatable bonds is 3. The lowest BCUT2D eigenvalue weighted by atomic mass is 10.1. The molecule has 0 aliphatic carbocycles. The van der Waals surface area contributed by atoms with E-state index in [1.165, 1.54) is 11.3 Å². The van der Waals surface area contributed by atoms with Crippen molar-refractivity contribution in [3.05, 3.63) is 60.4 Å². The van der Waals surface area contributed by atoms with Gasteiger partial charge in [0.05, 0.1) is 11.6 Å². The topological polar surface area (TPSA) is 37.5 Å². The zero-order valence-electron chi connectivity index (χ0n) is 12.8. The molecule has 4 heteroatoms. The van der Waals surface area contributed by atoms with Gasteiger partial charge in [0.25, 0.3) is 0 Å². The Morgan fingerprint density at radius 2 is 1.77 bits per heavy atom. The highest BCUT2D eigenvalue weighted by Gasteiger charge is 2.54. The number of ether oxygens (including phenoxy) is 1. The molecule has 22 heavy (non-hydrogen) atoms. The lowest BCUT2D eigenvalue weighted by molar-refractivity contribution is 0.275. The Labute approximate surface area is 130 Å². The second-order valence-corrected chi connectivity index (χ2v) is 6.46. The average Bonchev–Trinajstić information content (AvgIpc) is 3.19. The normalized spacial score (nSPS) is 25.5. The largest absolute Gasteiger partial charge is 0.477 e. The fourth-order valence-electron chi connectivity index (χ4n) is 3.08. The van der Waals surface area contributed by atoms with E-state index in [1.807, 2.05) is 18.5 Å². The summed E-state index contributed by atoms with van der Waals surface area (Å²) in [6.45, 7) is 4.87. The fourth-order valence-corrected chi connectivity index (χ4v) is 3.08. The minimum absolute atomic E-state index is 0.122. The first-order valence-corrected chi connectivity index (χ1v) is 7.62. The molecular formula is C18H19N3O. The highest BCUT2D eigenvalue weighted by molar-refractivity contribution is 5.94. The fraction of sp³-hybridized carbons (Fsp3) is 0.333. The van der Waals surface area contributed by atoms with Gasteiger partial charge in [0.15, 0.2) is 0 Å². The van der Waals surface area contributed by atoms with Crippen LogP contribution in [0.3, 0.4) is 0 Å². The summed E-state index contributed by atoms with van der Waals surface area (Å²) in [4.78, 5) is 11.2. The summed E-state index contributed by atoms with van der Waals surface area (Å²) in [5, 5.41) is 0. The van der Waals surface area contributed by atoms with E-state index >= 15 is 0 Å². The van der Waals surface area contributed by atoms with Gasteiger partial charge in [-0.15, -0.1) is 0 Å². The minimum Gasteiger partial charge on any atom is -0.477 e. The highest BCUT2D eigenvalue weighted by Crippen LogP contribution is 2.48. The SMILES string of the molecule is CC1(C)COC([C@H]2[C@@H](c3ccncc3)N2c2ccccc2)=N1. The Morgan fingerprint density at radius 3 is 2.41 bits per heavy atom. The first-order valence-electron chi connectivity index (χ1n) is 7.62. The van der Waals surface area contributed by atoms with Crippen molar-refractivity contribution in [2.75, 3.05) is 11.5 Å². The molecule has 2 aliphatic heterocycles. The Bertz CT molecular complexity index is 651. The molecule has 2 atom stereocenters. The summed E-state index contributed by atoms with van der Waals surface area (Å²) < 4.78 is 5.89. The molecule has 112 valence electrons. The first kappa shape index (κ1) is 13.3. The van der Waals surface area contributed by atoms with Crippen LogP contribution in [0.2, 0.25) is 0 Å². The van der Waals surface area contributed by atoms with Gasteiger partial charge in [0.2, 0.25) is 5.90 Å². The molecule has 1 saturated heterocycles. The van der Waals surface area contributed by atoms with Crippen LogP contribution >= 0.6 is 0 Å². The number of aliphatic imine (C=N–C) groups is 1. The predicted molar refractivity (Wildman–Crippen MR) is 87.2 cm³/mol. The molecule has 0 radical (unpaired) electrons. The molecule has 1 aromatic carbocycles.